The van der Waals surface area contributed by atoms with Crippen molar-refractivity contribution in [1.82, 2.24) is 0 Å². The zero-order valence-corrected chi connectivity index (χ0v) is 9.06. The molecule has 0 radical (unpaired) electrons. The zero-order chi connectivity index (χ0) is 10.5. The number of rotatable bonds is 0. The molecule has 2 N–H and O–H groups in total. The molecule has 0 aliphatic carbocycles. The minimum atomic E-state index is 0.856. The molecule has 14 heavy (non-hydrogen) atoms. The van der Waals surface area contributed by atoms with Crippen LogP contribution in [0.15, 0.2) is 10.5 Å². The van der Waals surface area contributed by atoms with Crippen molar-refractivity contribution in [3.63, 3.8) is 0 Å². The molecule has 2 heteroatoms. The average molecular weight is 189 g/mol. The van der Waals surface area contributed by atoms with Crippen molar-refractivity contribution in [2.75, 3.05) is 5.73 Å². The minimum Gasteiger partial charge on any atom is -0.461 e. The van der Waals surface area contributed by atoms with E-state index >= 15 is 0 Å². The molecule has 1 aromatic carbocycles. The smallest absolute Gasteiger partial charge is 0.136 e. The molecule has 0 aliphatic heterocycles. The van der Waals surface area contributed by atoms with Gasteiger partial charge in [0.05, 0.1) is 0 Å². The number of fused-ring (bicyclic) bond motifs is 1. The van der Waals surface area contributed by atoms with Crippen LogP contribution < -0.4 is 5.73 Å². The predicted molar refractivity (Wildman–Crippen MR) is 59.6 cm³/mol. The lowest BCUT2D eigenvalue weighted by atomic mass is 10.0. The van der Waals surface area contributed by atoms with Gasteiger partial charge in [0.1, 0.15) is 11.3 Å². The number of furan rings is 1. The third-order valence-electron chi connectivity index (χ3n) is 3.02. The van der Waals surface area contributed by atoms with E-state index in [-0.39, 0.29) is 0 Å². The fourth-order valence-electron chi connectivity index (χ4n) is 1.79. The molecule has 0 spiro atoms. The Morgan fingerprint density at radius 3 is 2.36 bits per heavy atom. The van der Waals surface area contributed by atoms with E-state index in [1.807, 2.05) is 20.8 Å². The van der Waals surface area contributed by atoms with Crippen LogP contribution in [-0.4, -0.2) is 0 Å². The quantitative estimate of drug-likeness (QED) is 0.646. The van der Waals surface area contributed by atoms with Gasteiger partial charge in [-0.2, -0.15) is 0 Å². The second-order valence-electron chi connectivity index (χ2n) is 3.89. The molecule has 2 rings (SSSR count). The minimum absolute atomic E-state index is 0.856. The summed E-state index contributed by atoms with van der Waals surface area (Å²) in [6.07, 6.45) is 0. The van der Waals surface area contributed by atoms with Crippen LogP contribution in [0, 0.1) is 27.7 Å². The third kappa shape index (κ3) is 1.03. The second-order valence-corrected chi connectivity index (χ2v) is 3.89. The zero-order valence-electron chi connectivity index (χ0n) is 9.06. The van der Waals surface area contributed by atoms with Crippen molar-refractivity contribution < 1.29 is 4.42 Å². The van der Waals surface area contributed by atoms with Gasteiger partial charge in [-0.15, -0.1) is 0 Å². The van der Waals surface area contributed by atoms with Crippen LogP contribution in [0.5, 0.6) is 0 Å². The van der Waals surface area contributed by atoms with Crippen LogP contribution in [-0.2, 0) is 0 Å². The topological polar surface area (TPSA) is 39.2 Å². The average Bonchev–Trinajstić information content (AvgIpc) is 2.39. The van der Waals surface area contributed by atoms with Crippen molar-refractivity contribution in [2.45, 2.75) is 27.7 Å². The van der Waals surface area contributed by atoms with Crippen molar-refractivity contribution in [3.8, 4) is 0 Å². The Balaban J connectivity index is 2.99. The van der Waals surface area contributed by atoms with Crippen molar-refractivity contribution in [3.05, 3.63) is 28.5 Å². The lowest BCUT2D eigenvalue weighted by molar-refractivity contribution is 0.575. The summed E-state index contributed by atoms with van der Waals surface area (Å²) in [6.45, 7) is 8.12. The Morgan fingerprint density at radius 1 is 1.07 bits per heavy atom. The molecule has 2 aromatic rings. The van der Waals surface area contributed by atoms with Gasteiger partial charge in [0.2, 0.25) is 0 Å². The van der Waals surface area contributed by atoms with Crippen molar-refractivity contribution in [1.29, 1.82) is 0 Å². The van der Waals surface area contributed by atoms with Crippen molar-refractivity contribution in [2.24, 2.45) is 0 Å². The highest BCUT2D eigenvalue weighted by molar-refractivity contribution is 5.95. The van der Waals surface area contributed by atoms with Gasteiger partial charge < -0.3 is 10.2 Å². The lowest BCUT2D eigenvalue weighted by Crippen LogP contribution is -1.93. The van der Waals surface area contributed by atoms with Crippen molar-refractivity contribution >= 4 is 16.7 Å². The largest absolute Gasteiger partial charge is 0.461 e. The normalized spacial score (nSPS) is 11.1. The second kappa shape index (κ2) is 2.77. The number of anilines is 1. The van der Waals surface area contributed by atoms with Gasteiger partial charge in [-0.1, -0.05) is 0 Å². The van der Waals surface area contributed by atoms with E-state index in [0.717, 1.165) is 33.5 Å². The standard InChI is InChI=1S/C12H15NO/c1-6-5-10-11(12(13)7(6)2)8(3)9(4)14-10/h5H,13H2,1-4H3. The monoisotopic (exact) mass is 189 g/mol. The van der Waals surface area contributed by atoms with Crippen LogP contribution in [0.1, 0.15) is 22.5 Å². The Labute approximate surface area is 83.7 Å². The molecular formula is C12H15NO. The van der Waals surface area contributed by atoms with Crippen LogP contribution in [0.3, 0.4) is 0 Å². The molecule has 0 atom stereocenters. The molecule has 0 saturated carbocycles. The van der Waals surface area contributed by atoms with Gasteiger partial charge in [0.25, 0.3) is 0 Å². The highest BCUT2D eigenvalue weighted by atomic mass is 16.3. The maximum absolute atomic E-state index is 6.07. The number of hydrogen-bond acceptors (Lipinski definition) is 2. The van der Waals surface area contributed by atoms with E-state index in [1.165, 1.54) is 5.56 Å². The number of hydrogen-bond donors (Lipinski definition) is 1. The van der Waals surface area contributed by atoms with Gasteiger partial charge in [-0.05, 0) is 44.9 Å². The number of benzene rings is 1. The Kier molecular flexibility index (Phi) is 1.81. The summed E-state index contributed by atoms with van der Waals surface area (Å²) in [5.41, 5.74) is 11.3. The van der Waals surface area contributed by atoms with E-state index < -0.39 is 0 Å². The maximum Gasteiger partial charge on any atom is 0.136 e. The third-order valence-corrected chi connectivity index (χ3v) is 3.02. The van der Waals surface area contributed by atoms with E-state index in [0.29, 0.717) is 0 Å². The fourth-order valence-corrected chi connectivity index (χ4v) is 1.79. The number of nitrogen functional groups attached to an aromatic ring is 1. The molecular weight excluding hydrogens is 174 g/mol. The van der Waals surface area contributed by atoms with E-state index in [9.17, 15) is 0 Å². The summed E-state index contributed by atoms with van der Waals surface area (Å²) in [6, 6.07) is 2.06. The highest BCUT2D eigenvalue weighted by Gasteiger charge is 2.12. The van der Waals surface area contributed by atoms with Gasteiger partial charge >= 0.3 is 0 Å². The Bertz CT molecular complexity index is 509. The molecule has 0 unspecified atom stereocenters. The van der Waals surface area contributed by atoms with Crippen LogP contribution in [0.25, 0.3) is 11.0 Å². The number of aryl methyl sites for hydroxylation is 3. The molecule has 74 valence electrons. The summed E-state index contributed by atoms with van der Waals surface area (Å²) in [7, 11) is 0. The SMILES string of the molecule is Cc1cc2oc(C)c(C)c2c(N)c1C. The first-order valence-electron chi connectivity index (χ1n) is 4.77. The predicted octanol–water partition coefficient (Wildman–Crippen LogP) is 3.25. The van der Waals surface area contributed by atoms with Crippen LogP contribution in [0.2, 0.25) is 0 Å². The molecule has 0 saturated heterocycles. The Hall–Kier alpha value is -1.44. The first kappa shape index (κ1) is 9.13. The molecule has 0 aliphatic rings. The molecule has 0 amide bonds. The summed E-state index contributed by atoms with van der Waals surface area (Å²) < 4.78 is 5.64. The fraction of sp³-hybridized carbons (Fsp3) is 0.333. The van der Waals surface area contributed by atoms with Gasteiger partial charge in [0, 0.05) is 16.6 Å². The summed E-state index contributed by atoms with van der Waals surface area (Å²) in [5, 5.41) is 1.07. The van der Waals surface area contributed by atoms with Gasteiger partial charge in [-0.3, -0.25) is 0 Å². The van der Waals surface area contributed by atoms with E-state index in [1.54, 1.807) is 0 Å². The molecule has 0 fully saturated rings. The van der Waals surface area contributed by atoms with E-state index in [4.69, 9.17) is 10.2 Å². The summed E-state index contributed by atoms with van der Waals surface area (Å²) >= 11 is 0. The van der Waals surface area contributed by atoms with Gasteiger partial charge in [-0.25, -0.2) is 0 Å². The highest BCUT2D eigenvalue weighted by Crippen LogP contribution is 2.33. The lowest BCUT2D eigenvalue weighted by Gasteiger charge is -2.05. The summed E-state index contributed by atoms with van der Waals surface area (Å²) in [4.78, 5) is 0. The first-order valence-corrected chi connectivity index (χ1v) is 4.77. The van der Waals surface area contributed by atoms with Crippen LogP contribution in [0.4, 0.5) is 5.69 Å². The molecule has 2 nitrogen and oxygen atoms in total. The number of nitrogens with two attached hydrogens (primary N) is 1. The Morgan fingerprint density at radius 2 is 1.71 bits per heavy atom. The van der Waals surface area contributed by atoms with Crippen LogP contribution >= 0.6 is 0 Å². The summed E-state index contributed by atoms with van der Waals surface area (Å²) in [5.74, 6) is 0.955. The maximum atomic E-state index is 6.07. The van der Waals surface area contributed by atoms with Gasteiger partial charge in [0.15, 0.2) is 0 Å². The molecule has 0 bridgehead atoms. The first-order chi connectivity index (χ1) is 6.52. The molecule has 1 heterocycles. The van der Waals surface area contributed by atoms with E-state index in [2.05, 4.69) is 13.0 Å². The molecule has 1 aromatic heterocycles.